The number of anilines is 1. The molecule has 22 heavy (non-hydrogen) atoms. The van der Waals surface area contributed by atoms with Gasteiger partial charge >= 0.3 is 0 Å². The summed E-state index contributed by atoms with van der Waals surface area (Å²) in [6.45, 7) is 4.45. The van der Waals surface area contributed by atoms with Crippen LogP contribution in [0.15, 0.2) is 24.3 Å². The molecule has 1 atom stereocenters. The number of hydrogen-bond acceptors (Lipinski definition) is 4. The van der Waals surface area contributed by atoms with E-state index in [1.54, 1.807) is 0 Å². The van der Waals surface area contributed by atoms with Gasteiger partial charge in [0.1, 0.15) is 23.4 Å². The van der Waals surface area contributed by atoms with E-state index >= 15 is 0 Å². The highest BCUT2D eigenvalue weighted by Gasteiger charge is 2.30. The number of hydrogen-bond donors (Lipinski definition) is 1. The van der Waals surface area contributed by atoms with E-state index in [1.165, 1.54) is 5.56 Å². The summed E-state index contributed by atoms with van der Waals surface area (Å²) in [4.78, 5) is 0. The molecule has 3 heterocycles. The Balaban J connectivity index is 1.81. The SMILES string of the molecule is CCOc1ccccc1-n1nc(C2CCCO2)c2c1NCC2. The van der Waals surface area contributed by atoms with E-state index in [9.17, 15) is 0 Å². The molecular weight excluding hydrogens is 278 g/mol. The van der Waals surface area contributed by atoms with Crippen molar-refractivity contribution < 1.29 is 9.47 Å². The molecule has 1 N–H and O–H groups in total. The van der Waals surface area contributed by atoms with Gasteiger partial charge in [-0.15, -0.1) is 0 Å². The van der Waals surface area contributed by atoms with E-state index < -0.39 is 0 Å². The first kappa shape index (κ1) is 13.6. The number of fused-ring (bicyclic) bond motifs is 1. The molecule has 0 radical (unpaired) electrons. The Kier molecular flexibility index (Phi) is 3.50. The molecule has 1 saturated heterocycles. The molecule has 5 heteroatoms. The minimum atomic E-state index is 0.147. The van der Waals surface area contributed by atoms with Crippen molar-refractivity contribution in [3.8, 4) is 11.4 Å². The van der Waals surface area contributed by atoms with Crippen molar-refractivity contribution >= 4 is 5.82 Å². The quantitative estimate of drug-likeness (QED) is 0.942. The van der Waals surface area contributed by atoms with Crippen LogP contribution in [0.25, 0.3) is 5.69 Å². The Labute approximate surface area is 130 Å². The predicted octanol–water partition coefficient (Wildman–Crippen LogP) is 3.09. The summed E-state index contributed by atoms with van der Waals surface area (Å²) in [6.07, 6.45) is 3.35. The maximum Gasteiger partial charge on any atom is 0.145 e. The average molecular weight is 299 g/mol. The molecule has 1 unspecified atom stereocenters. The molecule has 0 aliphatic carbocycles. The van der Waals surface area contributed by atoms with Crippen molar-refractivity contribution in [3.05, 3.63) is 35.5 Å². The second kappa shape index (κ2) is 5.65. The van der Waals surface area contributed by atoms with Gasteiger partial charge in [-0.1, -0.05) is 12.1 Å². The molecule has 1 fully saturated rings. The molecule has 1 aromatic carbocycles. The number of aromatic nitrogens is 2. The largest absolute Gasteiger partial charge is 0.492 e. The second-order valence-corrected chi connectivity index (χ2v) is 5.70. The van der Waals surface area contributed by atoms with Crippen molar-refractivity contribution in [3.63, 3.8) is 0 Å². The van der Waals surface area contributed by atoms with Crippen LogP contribution in [0.1, 0.15) is 37.1 Å². The highest BCUT2D eigenvalue weighted by Crippen LogP contribution is 2.38. The summed E-state index contributed by atoms with van der Waals surface area (Å²) < 4.78 is 13.6. The third-order valence-corrected chi connectivity index (χ3v) is 4.31. The van der Waals surface area contributed by atoms with Gasteiger partial charge in [0, 0.05) is 18.7 Å². The van der Waals surface area contributed by atoms with E-state index in [1.807, 2.05) is 29.8 Å². The van der Waals surface area contributed by atoms with E-state index in [0.717, 1.165) is 55.4 Å². The molecule has 5 nitrogen and oxygen atoms in total. The number of nitrogens with zero attached hydrogens (tertiary/aromatic N) is 2. The van der Waals surface area contributed by atoms with E-state index in [2.05, 4.69) is 11.4 Å². The normalized spacial score (nSPS) is 20.0. The number of para-hydroxylation sites is 2. The van der Waals surface area contributed by atoms with Crippen LogP contribution in [-0.4, -0.2) is 29.5 Å². The summed E-state index contributed by atoms with van der Waals surface area (Å²) in [5, 5.41) is 8.35. The fraction of sp³-hybridized carbons (Fsp3) is 0.471. The molecule has 1 aromatic heterocycles. The van der Waals surface area contributed by atoms with Gasteiger partial charge in [0.05, 0.1) is 12.3 Å². The molecular formula is C17H21N3O2. The molecule has 0 spiro atoms. The smallest absolute Gasteiger partial charge is 0.145 e. The van der Waals surface area contributed by atoms with Gasteiger partial charge in [-0.2, -0.15) is 5.10 Å². The lowest BCUT2D eigenvalue weighted by atomic mass is 10.1. The van der Waals surface area contributed by atoms with E-state index in [0.29, 0.717) is 6.61 Å². The zero-order valence-electron chi connectivity index (χ0n) is 12.8. The van der Waals surface area contributed by atoms with Gasteiger partial charge in [0.25, 0.3) is 0 Å². The van der Waals surface area contributed by atoms with Crippen LogP contribution in [0.2, 0.25) is 0 Å². The topological polar surface area (TPSA) is 48.3 Å². The van der Waals surface area contributed by atoms with Crippen molar-refractivity contribution in [2.45, 2.75) is 32.3 Å². The van der Waals surface area contributed by atoms with E-state index in [-0.39, 0.29) is 6.10 Å². The average Bonchev–Trinajstić information content (AvgIpc) is 3.25. The fourth-order valence-electron chi connectivity index (χ4n) is 3.34. The van der Waals surface area contributed by atoms with Crippen LogP contribution in [0.3, 0.4) is 0 Å². The zero-order valence-corrected chi connectivity index (χ0v) is 12.8. The molecule has 2 aliphatic heterocycles. The maximum atomic E-state index is 5.86. The van der Waals surface area contributed by atoms with Crippen LogP contribution >= 0.6 is 0 Å². The standard InChI is InChI=1S/C17H21N3O2/c1-2-21-14-7-4-3-6-13(14)20-17-12(9-10-18-17)16(19-20)15-8-5-11-22-15/h3-4,6-7,15,18H,2,5,8-11H2,1H3. The Morgan fingerprint density at radius 2 is 2.32 bits per heavy atom. The first-order valence-electron chi connectivity index (χ1n) is 8.08. The highest BCUT2D eigenvalue weighted by molar-refractivity contribution is 5.60. The molecule has 116 valence electrons. The van der Waals surface area contributed by atoms with Crippen molar-refractivity contribution in [1.82, 2.24) is 9.78 Å². The number of nitrogens with one attached hydrogen (secondary N) is 1. The predicted molar refractivity (Wildman–Crippen MR) is 84.9 cm³/mol. The van der Waals surface area contributed by atoms with Gasteiger partial charge in [-0.25, -0.2) is 4.68 Å². The summed E-state index contributed by atoms with van der Waals surface area (Å²) in [7, 11) is 0. The minimum absolute atomic E-state index is 0.147. The summed E-state index contributed by atoms with van der Waals surface area (Å²) in [5.41, 5.74) is 3.39. The van der Waals surface area contributed by atoms with Gasteiger partial charge in [0.15, 0.2) is 0 Å². The third kappa shape index (κ3) is 2.16. The summed E-state index contributed by atoms with van der Waals surface area (Å²) >= 11 is 0. The monoisotopic (exact) mass is 299 g/mol. The summed E-state index contributed by atoms with van der Waals surface area (Å²) in [5.74, 6) is 1.96. The number of ether oxygens (including phenoxy) is 2. The van der Waals surface area contributed by atoms with Gasteiger partial charge in [-0.05, 0) is 38.3 Å². The lowest BCUT2D eigenvalue weighted by Gasteiger charge is -2.12. The third-order valence-electron chi connectivity index (χ3n) is 4.31. The van der Waals surface area contributed by atoms with Crippen molar-refractivity contribution in [1.29, 1.82) is 0 Å². The Morgan fingerprint density at radius 1 is 1.41 bits per heavy atom. The molecule has 2 aromatic rings. The molecule has 0 saturated carbocycles. The van der Waals surface area contributed by atoms with Crippen molar-refractivity contribution in [2.75, 3.05) is 25.1 Å². The first-order valence-corrected chi connectivity index (χ1v) is 8.08. The Bertz CT molecular complexity index is 675. The maximum absolute atomic E-state index is 5.86. The van der Waals surface area contributed by atoms with Gasteiger partial charge in [-0.3, -0.25) is 0 Å². The lowest BCUT2D eigenvalue weighted by Crippen LogP contribution is -2.08. The number of rotatable bonds is 4. The Hall–Kier alpha value is -2.01. The van der Waals surface area contributed by atoms with Crippen LogP contribution < -0.4 is 10.1 Å². The van der Waals surface area contributed by atoms with Crippen molar-refractivity contribution in [2.24, 2.45) is 0 Å². The molecule has 0 bridgehead atoms. The van der Waals surface area contributed by atoms with Crippen LogP contribution in [-0.2, 0) is 11.2 Å². The molecule has 0 amide bonds. The number of benzene rings is 1. The molecule has 4 rings (SSSR count). The second-order valence-electron chi connectivity index (χ2n) is 5.70. The fourth-order valence-corrected chi connectivity index (χ4v) is 3.34. The minimum Gasteiger partial charge on any atom is -0.492 e. The van der Waals surface area contributed by atoms with Gasteiger partial charge in [0.2, 0.25) is 0 Å². The zero-order chi connectivity index (χ0) is 14.9. The highest BCUT2D eigenvalue weighted by atomic mass is 16.5. The summed E-state index contributed by atoms with van der Waals surface area (Å²) in [6, 6.07) is 8.06. The van der Waals surface area contributed by atoms with Gasteiger partial charge < -0.3 is 14.8 Å². The van der Waals surface area contributed by atoms with E-state index in [4.69, 9.17) is 14.6 Å². The first-order chi connectivity index (χ1) is 10.9. The van der Waals surface area contributed by atoms with Crippen LogP contribution in [0.4, 0.5) is 5.82 Å². The van der Waals surface area contributed by atoms with Crippen LogP contribution in [0, 0.1) is 0 Å². The Morgan fingerprint density at radius 3 is 3.14 bits per heavy atom. The lowest BCUT2D eigenvalue weighted by molar-refractivity contribution is 0.107. The molecule has 2 aliphatic rings. The van der Waals surface area contributed by atoms with Crippen LogP contribution in [0.5, 0.6) is 5.75 Å².